The Labute approximate surface area is 412 Å². The average Bonchev–Trinajstić information content (AvgIpc) is 3.31. The maximum absolute atomic E-state index is 12.9. The zero-order valence-corrected chi connectivity index (χ0v) is 45.0. The second-order valence-electron chi connectivity index (χ2n) is 20.6. The van der Waals surface area contributed by atoms with Crippen LogP contribution < -0.4 is 0 Å². The van der Waals surface area contributed by atoms with E-state index in [0.29, 0.717) is 19.3 Å². The fourth-order valence-electron chi connectivity index (χ4n) is 9.33. The molecule has 0 bridgehead atoms. The lowest BCUT2D eigenvalue weighted by atomic mass is 10.0. The van der Waals surface area contributed by atoms with Crippen LogP contribution in [0.1, 0.15) is 348 Å². The Hall–Kier alpha value is -1.59. The molecule has 0 radical (unpaired) electrons. The van der Waals surface area contributed by atoms with Crippen LogP contribution in [-0.4, -0.2) is 37.2 Å². The summed E-state index contributed by atoms with van der Waals surface area (Å²) in [5, 5.41) is 0. The van der Waals surface area contributed by atoms with Crippen LogP contribution in [0.2, 0.25) is 0 Å². The van der Waals surface area contributed by atoms with Crippen LogP contribution in [0.4, 0.5) is 0 Å². The van der Waals surface area contributed by atoms with Crippen LogP contribution in [0.25, 0.3) is 0 Å². The monoisotopic (exact) mass is 933 g/mol. The maximum atomic E-state index is 12.9. The van der Waals surface area contributed by atoms with E-state index in [4.69, 9.17) is 14.2 Å². The molecule has 0 aliphatic heterocycles. The van der Waals surface area contributed by atoms with Crippen LogP contribution in [-0.2, 0) is 28.6 Å². The third kappa shape index (κ3) is 53.4. The molecule has 6 nitrogen and oxygen atoms in total. The number of carbonyl (C=O) groups excluding carboxylic acids is 3. The number of esters is 3. The SMILES string of the molecule is CCCCCCCCCCCCCCCCCCCCC(=O)OC[C@H](COC(=O)CCCCCCCCCCCCCCC)OC(=O)CCCCCCCCCCCCCCCCCCC. The van der Waals surface area contributed by atoms with E-state index < -0.39 is 6.10 Å². The molecule has 0 saturated heterocycles. The highest BCUT2D eigenvalue weighted by molar-refractivity contribution is 5.71. The van der Waals surface area contributed by atoms with E-state index in [2.05, 4.69) is 20.8 Å². The van der Waals surface area contributed by atoms with Gasteiger partial charge in [0.1, 0.15) is 13.2 Å². The third-order valence-electron chi connectivity index (χ3n) is 13.9. The minimum Gasteiger partial charge on any atom is -0.462 e. The lowest BCUT2D eigenvalue weighted by molar-refractivity contribution is -0.167. The number of carbonyl (C=O) groups is 3. The Morgan fingerprint density at radius 1 is 0.242 bits per heavy atom. The molecule has 0 aromatic carbocycles. The Morgan fingerprint density at radius 2 is 0.409 bits per heavy atom. The number of hydrogen-bond donors (Lipinski definition) is 0. The van der Waals surface area contributed by atoms with Gasteiger partial charge in [0.15, 0.2) is 6.10 Å². The summed E-state index contributed by atoms with van der Waals surface area (Å²) in [5.41, 5.74) is 0. The van der Waals surface area contributed by atoms with Gasteiger partial charge in [0.2, 0.25) is 0 Å². The van der Waals surface area contributed by atoms with Gasteiger partial charge in [0.25, 0.3) is 0 Å². The second kappa shape index (κ2) is 56.0. The van der Waals surface area contributed by atoms with E-state index in [0.717, 1.165) is 57.8 Å². The predicted molar refractivity (Wildman–Crippen MR) is 284 cm³/mol. The van der Waals surface area contributed by atoms with Crippen molar-refractivity contribution in [3.05, 3.63) is 0 Å². The molecule has 1 atom stereocenters. The normalized spacial score (nSPS) is 11.9. The number of unbranched alkanes of at least 4 members (excludes halogenated alkanes) is 45. The van der Waals surface area contributed by atoms with Crippen molar-refractivity contribution in [2.45, 2.75) is 354 Å². The van der Waals surface area contributed by atoms with Gasteiger partial charge >= 0.3 is 17.9 Å². The van der Waals surface area contributed by atoms with Crippen molar-refractivity contribution in [3.63, 3.8) is 0 Å². The summed E-state index contributed by atoms with van der Waals surface area (Å²) in [5.74, 6) is -0.829. The van der Waals surface area contributed by atoms with Crippen LogP contribution >= 0.6 is 0 Å². The molecule has 0 aromatic heterocycles. The summed E-state index contributed by atoms with van der Waals surface area (Å²) < 4.78 is 16.9. The van der Waals surface area contributed by atoms with E-state index in [1.807, 2.05) is 0 Å². The molecule has 0 spiro atoms. The highest BCUT2D eigenvalue weighted by atomic mass is 16.6. The van der Waals surface area contributed by atoms with Gasteiger partial charge in [0, 0.05) is 19.3 Å². The molecule has 0 aromatic rings. The maximum Gasteiger partial charge on any atom is 0.306 e. The van der Waals surface area contributed by atoms with Crippen molar-refractivity contribution in [2.24, 2.45) is 0 Å². The van der Waals surface area contributed by atoms with Crippen molar-refractivity contribution >= 4 is 17.9 Å². The minimum absolute atomic E-state index is 0.0608. The molecule has 0 rings (SSSR count). The standard InChI is InChI=1S/C60H116O6/c1-4-7-10-13-16-19-22-25-27-29-31-32-35-38-41-44-47-50-53-59(62)65-56-57(55-64-58(61)52-49-46-43-40-37-34-24-21-18-15-12-9-6-3)66-60(63)54-51-48-45-42-39-36-33-30-28-26-23-20-17-14-11-8-5-2/h57H,4-56H2,1-3H3/t57-/m0/s1. The van der Waals surface area contributed by atoms with Crippen molar-refractivity contribution in [1.82, 2.24) is 0 Å². The molecule has 0 unspecified atom stereocenters. The van der Waals surface area contributed by atoms with Crippen molar-refractivity contribution in [2.75, 3.05) is 13.2 Å². The zero-order chi connectivity index (χ0) is 47.9. The van der Waals surface area contributed by atoms with Crippen LogP contribution in [0, 0.1) is 0 Å². The summed E-state index contributed by atoms with van der Waals surface area (Å²) in [6.07, 6.45) is 62.4. The molecule has 392 valence electrons. The summed E-state index contributed by atoms with van der Waals surface area (Å²) >= 11 is 0. The van der Waals surface area contributed by atoms with Gasteiger partial charge in [-0.1, -0.05) is 310 Å². The molecule has 66 heavy (non-hydrogen) atoms. The first kappa shape index (κ1) is 64.4. The van der Waals surface area contributed by atoms with E-state index in [1.54, 1.807) is 0 Å². The van der Waals surface area contributed by atoms with Crippen LogP contribution in [0.5, 0.6) is 0 Å². The van der Waals surface area contributed by atoms with Gasteiger partial charge in [-0.05, 0) is 19.3 Å². The molecule has 6 heteroatoms. The predicted octanol–water partition coefficient (Wildman–Crippen LogP) is 19.9. The summed E-state index contributed by atoms with van der Waals surface area (Å²) in [6.45, 7) is 6.71. The largest absolute Gasteiger partial charge is 0.462 e. The Balaban J connectivity index is 4.27. The zero-order valence-electron chi connectivity index (χ0n) is 45.0. The fraction of sp³-hybridized carbons (Fsp3) is 0.950. The Morgan fingerprint density at radius 3 is 0.606 bits per heavy atom. The fourth-order valence-corrected chi connectivity index (χ4v) is 9.33. The van der Waals surface area contributed by atoms with Gasteiger partial charge in [-0.3, -0.25) is 14.4 Å². The third-order valence-corrected chi connectivity index (χ3v) is 13.9. The first-order valence-corrected chi connectivity index (χ1v) is 30.0. The number of rotatable bonds is 56. The molecular weight excluding hydrogens is 817 g/mol. The van der Waals surface area contributed by atoms with Crippen molar-refractivity contribution < 1.29 is 28.6 Å². The van der Waals surface area contributed by atoms with Gasteiger partial charge in [-0.2, -0.15) is 0 Å². The Kier molecular flexibility index (Phi) is 54.7. The first-order chi connectivity index (χ1) is 32.5. The van der Waals surface area contributed by atoms with E-state index >= 15 is 0 Å². The summed E-state index contributed by atoms with van der Waals surface area (Å²) in [7, 11) is 0. The molecule has 0 heterocycles. The number of hydrogen-bond acceptors (Lipinski definition) is 6. The smallest absolute Gasteiger partial charge is 0.306 e. The minimum atomic E-state index is -0.761. The molecule has 0 fully saturated rings. The second-order valence-corrected chi connectivity index (χ2v) is 20.6. The number of ether oxygens (including phenoxy) is 3. The van der Waals surface area contributed by atoms with E-state index in [9.17, 15) is 14.4 Å². The van der Waals surface area contributed by atoms with Crippen LogP contribution in [0.15, 0.2) is 0 Å². The summed E-state index contributed by atoms with van der Waals surface area (Å²) in [4.78, 5) is 38.2. The molecule has 0 aliphatic carbocycles. The molecular formula is C60H116O6. The quantitative estimate of drug-likeness (QED) is 0.0343. The van der Waals surface area contributed by atoms with Crippen molar-refractivity contribution in [3.8, 4) is 0 Å². The van der Waals surface area contributed by atoms with Gasteiger partial charge in [-0.25, -0.2) is 0 Å². The topological polar surface area (TPSA) is 78.9 Å². The van der Waals surface area contributed by atoms with Gasteiger partial charge < -0.3 is 14.2 Å². The molecule has 0 N–H and O–H groups in total. The van der Waals surface area contributed by atoms with Crippen LogP contribution in [0.3, 0.4) is 0 Å². The average molecular weight is 934 g/mol. The molecule has 0 saturated carbocycles. The highest BCUT2D eigenvalue weighted by Crippen LogP contribution is 2.18. The Bertz CT molecular complexity index is 982. The molecule has 0 amide bonds. The lowest BCUT2D eigenvalue weighted by Gasteiger charge is -2.18. The van der Waals surface area contributed by atoms with Gasteiger partial charge in [0.05, 0.1) is 0 Å². The van der Waals surface area contributed by atoms with Crippen molar-refractivity contribution in [1.29, 1.82) is 0 Å². The molecule has 0 aliphatic rings. The summed E-state index contributed by atoms with van der Waals surface area (Å²) in [6, 6.07) is 0. The lowest BCUT2D eigenvalue weighted by Crippen LogP contribution is -2.30. The highest BCUT2D eigenvalue weighted by Gasteiger charge is 2.19. The van der Waals surface area contributed by atoms with E-state index in [1.165, 1.54) is 250 Å². The first-order valence-electron chi connectivity index (χ1n) is 30.0. The van der Waals surface area contributed by atoms with E-state index in [-0.39, 0.29) is 31.1 Å². The van der Waals surface area contributed by atoms with Gasteiger partial charge in [-0.15, -0.1) is 0 Å².